The molecular formula is C18H12F3NO4. The smallest absolute Gasteiger partial charge is 0.416 e. The van der Waals surface area contributed by atoms with E-state index in [4.69, 9.17) is 14.6 Å². The Morgan fingerprint density at radius 2 is 1.65 bits per heavy atom. The Balaban J connectivity index is 1.79. The van der Waals surface area contributed by atoms with Crippen LogP contribution in [-0.2, 0) is 11.0 Å². The van der Waals surface area contributed by atoms with Crippen molar-refractivity contribution in [3.8, 4) is 17.4 Å². The van der Waals surface area contributed by atoms with E-state index in [1.165, 1.54) is 30.3 Å². The van der Waals surface area contributed by atoms with E-state index in [2.05, 4.69) is 4.98 Å². The maximum absolute atomic E-state index is 12.8. The van der Waals surface area contributed by atoms with E-state index < -0.39 is 24.3 Å². The fourth-order valence-electron chi connectivity index (χ4n) is 2.20. The Bertz CT molecular complexity index is 939. The quantitative estimate of drug-likeness (QED) is 0.722. The molecule has 0 spiro atoms. The SMILES string of the molecule is O=C(O)COc1ccc(Oc2ccc3ccc(C(F)(F)F)cc3n2)cc1. The van der Waals surface area contributed by atoms with Crippen LogP contribution in [0.25, 0.3) is 10.9 Å². The summed E-state index contributed by atoms with van der Waals surface area (Å²) in [5, 5.41) is 9.11. The molecule has 0 bridgehead atoms. The van der Waals surface area contributed by atoms with Gasteiger partial charge in [0.25, 0.3) is 0 Å². The Labute approximate surface area is 145 Å². The second kappa shape index (κ2) is 6.91. The number of carboxylic acid groups (broad SMARTS) is 1. The van der Waals surface area contributed by atoms with E-state index in [0.29, 0.717) is 16.9 Å². The van der Waals surface area contributed by atoms with Gasteiger partial charge in [0.05, 0.1) is 11.1 Å². The summed E-state index contributed by atoms with van der Waals surface area (Å²) < 4.78 is 48.9. The molecule has 0 amide bonds. The summed E-state index contributed by atoms with van der Waals surface area (Å²) in [5.74, 6) is -0.229. The number of alkyl halides is 3. The number of rotatable bonds is 5. The van der Waals surface area contributed by atoms with Crippen molar-refractivity contribution in [3.05, 3.63) is 60.2 Å². The van der Waals surface area contributed by atoms with Crippen molar-refractivity contribution in [3.63, 3.8) is 0 Å². The third kappa shape index (κ3) is 4.21. The summed E-state index contributed by atoms with van der Waals surface area (Å²) >= 11 is 0. The number of fused-ring (bicyclic) bond motifs is 1. The van der Waals surface area contributed by atoms with Gasteiger partial charge in [0.2, 0.25) is 5.88 Å². The number of pyridine rings is 1. The summed E-state index contributed by atoms with van der Waals surface area (Å²) in [7, 11) is 0. The maximum atomic E-state index is 12.8. The zero-order chi connectivity index (χ0) is 18.7. The molecule has 1 heterocycles. The average molecular weight is 363 g/mol. The molecular weight excluding hydrogens is 351 g/mol. The molecule has 3 aromatic rings. The predicted molar refractivity (Wildman–Crippen MR) is 86.4 cm³/mol. The van der Waals surface area contributed by atoms with Crippen molar-refractivity contribution in [1.82, 2.24) is 4.98 Å². The van der Waals surface area contributed by atoms with Crippen LogP contribution in [0.4, 0.5) is 13.2 Å². The van der Waals surface area contributed by atoms with Gasteiger partial charge < -0.3 is 14.6 Å². The minimum Gasteiger partial charge on any atom is -0.482 e. The van der Waals surface area contributed by atoms with Crippen molar-refractivity contribution in [2.24, 2.45) is 0 Å². The van der Waals surface area contributed by atoms with Crippen molar-refractivity contribution in [2.45, 2.75) is 6.18 Å². The minimum absolute atomic E-state index is 0.135. The van der Waals surface area contributed by atoms with E-state index >= 15 is 0 Å². The number of nitrogens with zero attached hydrogens (tertiary/aromatic N) is 1. The summed E-state index contributed by atoms with van der Waals surface area (Å²) in [5.41, 5.74) is -0.617. The van der Waals surface area contributed by atoms with Gasteiger partial charge in [0, 0.05) is 11.5 Å². The number of carboxylic acids is 1. The molecule has 3 rings (SSSR count). The number of carbonyl (C=O) groups is 1. The Hall–Kier alpha value is -3.29. The normalized spacial score (nSPS) is 11.3. The van der Waals surface area contributed by atoms with Crippen LogP contribution in [0.3, 0.4) is 0 Å². The van der Waals surface area contributed by atoms with Gasteiger partial charge in [-0.25, -0.2) is 9.78 Å². The summed E-state index contributed by atoms with van der Waals surface area (Å²) in [6, 6.07) is 12.6. The topological polar surface area (TPSA) is 68.7 Å². The molecule has 2 aromatic carbocycles. The van der Waals surface area contributed by atoms with Crippen LogP contribution in [-0.4, -0.2) is 22.7 Å². The number of aromatic nitrogens is 1. The van der Waals surface area contributed by atoms with E-state index in [1.54, 1.807) is 12.1 Å². The van der Waals surface area contributed by atoms with Gasteiger partial charge in [-0.15, -0.1) is 0 Å². The second-order valence-corrected chi connectivity index (χ2v) is 5.31. The number of ether oxygens (including phenoxy) is 2. The second-order valence-electron chi connectivity index (χ2n) is 5.31. The molecule has 5 nitrogen and oxygen atoms in total. The van der Waals surface area contributed by atoms with Gasteiger partial charge in [-0.05, 0) is 42.5 Å². The lowest BCUT2D eigenvalue weighted by Gasteiger charge is -2.09. The van der Waals surface area contributed by atoms with Crippen LogP contribution in [0.1, 0.15) is 5.56 Å². The molecule has 0 aliphatic carbocycles. The molecule has 1 N–H and O–H groups in total. The zero-order valence-corrected chi connectivity index (χ0v) is 13.2. The third-order valence-corrected chi connectivity index (χ3v) is 3.40. The first kappa shape index (κ1) is 17.5. The molecule has 0 fully saturated rings. The van der Waals surface area contributed by atoms with Gasteiger partial charge in [0.1, 0.15) is 11.5 Å². The predicted octanol–water partition coefficient (Wildman–Crippen LogP) is 4.51. The van der Waals surface area contributed by atoms with E-state index in [1.807, 2.05) is 0 Å². The molecule has 8 heteroatoms. The van der Waals surface area contributed by atoms with Crippen LogP contribution in [0.15, 0.2) is 54.6 Å². The highest BCUT2D eigenvalue weighted by Gasteiger charge is 2.30. The van der Waals surface area contributed by atoms with Gasteiger partial charge in [-0.3, -0.25) is 0 Å². The van der Waals surface area contributed by atoms with Crippen LogP contribution >= 0.6 is 0 Å². The largest absolute Gasteiger partial charge is 0.482 e. The Morgan fingerprint density at radius 3 is 2.31 bits per heavy atom. The summed E-state index contributed by atoms with van der Waals surface area (Å²) in [6.45, 7) is -0.464. The van der Waals surface area contributed by atoms with Gasteiger partial charge >= 0.3 is 12.1 Å². The van der Waals surface area contributed by atoms with Gasteiger partial charge in [-0.2, -0.15) is 13.2 Å². The fourth-order valence-corrected chi connectivity index (χ4v) is 2.20. The Morgan fingerprint density at radius 1 is 1.00 bits per heavy atom. The lowest BCUT2D eigenvalue weighted by Crippen LogP contribution is -2.09. The molecule has 26 heavy (non-hydrogen) atoms. The van der Waals surface area contributed by atoms with Crippen LogP contribution < -0.4 is 9.47 Å². The third-order valence-electron chi connectivity index (χ3n) is 3.40. The van der Waals surface area contributed by atoms with E-state index in [0.717, 1.165) is 12.1 Å². The Kier molecular flexibility index (Phi) is 4.66. The maximum Gasteiger partial charge on any atom is 0.416 e. The highest BCUT2D eigenvalue weighted by Crippen LogP contribution is 2.32. The molecule has 0 unspecified atom stereocenters. The van der Waals surface area contributed by atoms with Crippen LogP contribution in [0, 0.1) is 0 Å². The van der Waals surface area contributed by atoms with Crippen LogP contribution in [0.2, 0.25) is 0 Å². The van der Waals surface area contributed by atoms with Gasteiger partial charge in [0.15, 0.2) is 6.61 Å². The molecule has 0 aliphatic rings. The molecule has 1 aromatic heterocycles. The monoisotopic (exact) mass is 363 g/mol. The van der Waals surface area contributed by atoms with E-state index in [9.17, 15) is 18.0 Å². The number of halogens is 3. The highest BCUT2D eigenvalue weighted by atomic mass is 19.4. The van der Waals surface area contributed by atoms with Crippen molar-refractivity contribution in [1.29, 1.82) is 0 Å². The first-order chi connectivity index (χ1) is 12.3. The molecule has 0 atom stereocenters. The lowest BCUT2D eigenvalue weighted by molar-refractivity contribution is -0.139. The summed E-state index contributed by atoms with van der Waals surface area (Å²) in [6.07, 6.45) is -4.45. The molecule has 0 radical (unpaired) electrons. The fraction of sp³-hybridized carbons (Fsp3) is 0.111. The molecule has 134 valence electrons. The first-order valence-corrected chi connectivity index (χ1v) is 7.42. The van der Waals surface area contributed by atoms with Crippen LogP contribution in [0.5, 0.6) is 17.4 Å². The summed E-state index contributed by atoms with van der Waals surface area (Å²) in [4.78, 5) is 14.5. The van der Waals surface area contributed by atoms with Crippen molar-refractivity contribution in [2.75, 3.05) is 6.61 Å². The minimum atomic E-state index is -4.45. The van der Waals surface area contributed by atoms with E-state index in [-0.39, 0.29) is 11.4 Å². The molecule has 0 saturated carbocycles. The van der Waals surface area contributed by atoms with Gasteiger partial charge in [-0.1, -0.05) is 6.07 Å². The number of hydrogen-bond donors (Lipinski definition) is 1. The number of hydrogen-bond acceptors (Lipinski definition) is 4. The highest BCUT2D eigenvalue weighted by molar-refractivity contribution is 5.80. The molecule has 0 saturated heterocycles. The van der Waals surface area contributed by atoms with Crippen molar-refractivity contribution >= 4 is 16.9 Å². The number of benzene rings is 2. The average Bonchev–Trinajstić information content (AvgIpc) is 2.59. The first-order valence-electron chi connectivity index (χ1n) is 7.42. The molecule has 0 aliphatic heterocycles. The number of aliphatic carboxylic acids is 1. The zero-order valence-electron chi connectivity index (χ0n) is 13.2. The van der Waals surface area contributed by atoms with Crippen molar-refractivity contribution < 1.29 is 32.5 Å². The lowest BCUT2D eigenvalue weighted by atomic mass is 10.1. The standard InChI is InChI=1S/C18H12F3NO4/c19-18(20,21)12-3-1-11-2-8-16(22-15(11)9-12)26-14-6-4-13(5-7-14)25-10-17(23)24/h1-9H,10H2,(H,23,24).